The monoisotopic (exact) mass is 342 g/mol. The molecule has 0 radical (unpaired) electrons. The molecule has 3 nitrogen and oxygen atoms in total. The summed E-state index contributed by atoms with van der Waals surface area (Å²) in [6, 6.07) is 14.8. The molecule has 0 spiro atoms. The Morgan fingerprint density at radius 3 is 2.46 bits per heavy atom. The normalized spacial score (nSPS) is 23.8. The number of ether oxygens (including phenoxy) is 2. The maximum absolute atomic E-state index is 12.4. The molecule has 0 unspecified atom stereocenters. The molecule has 1 atom stereocenters. The number of carbonyl (C=O) groups excluding carboxylic acids is 1. The molecule has 1 saturated carbocycles. The van der Waals surface area contributed by atoms with Crippen molar-refractivity contribution in [3.05, 3.63) is 70.2 Å². The van der Waals surface area contributed by atoms with Crippen LogP contribution in [0.25, 0.3) is 0 Å². The summed E-state index contributed by atoms with van der Waals surface area (Å²) in [7, 11) is 0. The minimum Gasteiger partial charge on any atom is -0.420 e. The Hall–Kier alpha value is -1.84. The van der Waals surface area contributed by atoms with Gasteiger partial charge in [-0.15, -0.1) is 0 Å². The van der Waals surface area contributed by atoms with E-state index < -0.39 is 5.79 Å². The molecule has 2 aliphatic rings. The zero-order chi connectivity index (χ0) is 16.6. The van der Waals surface area contributed by atoms with Gasteiger partial charge in [0.05, 0.1) is 11.7 Å². The van der Waals surface area contributed by atoms with Crippen molar-refractivity contribution < 1.29 is 14.3 Å². The van der Waals surface area contributed by atoms with Crippen molar-refractivity contribution in [3.8, 4) is 0 Å². The van der Waals surface area contributed by atoms with E-state index in [1.165, 1.54) is 6.42 Å². The Kier molecular flexibility index (Phi) is 4.07. The van der Waals surface area contributed by atoms with Gasteiger partial charge in [0.1, 0.15) is 0 Å². The van der Waals surface area contributed by atoms with Gasteiger partial charge in [-0.25, -0.2) is 4.79 Å². The number of carbonyl (C=O) groups is 1. The van der Waals surface area contributed by atoms with Crippen LogP contribution < -0.4 is 0 Å². The van der Waals surface area contributed by atoms with Gasteiger partial charge in [-0.3, -0.25) is 0 Å². The van der Waals surface area contributed by atoms with E-state index in [2.05, 4.69) is 0 Å². The Labute approximate surface area is 146 Å². The van der Waals surface area contributed by atoms with Crippen LogP contribution in [0.2, 0.25) is 5.02 Å². The molecule has 0 bridgehead atoms. The molecule has 1 aliphatic heterocycles. The predicted octanol–water partition coefficient (Wildman–Crippen LogP) is 5.06. The van der Waals surface area contributed by atoms with Crippen molar-refractivity contribution in [2.75, 3.05) is 0 Å². The molecule has 24 heavy (non-hydrogen) atoms. The number of hydrogen-bond donors (Lipinski definition) is 0. The predicted molar refractivity (Wildman–Crippen MR) is 92.0 cm³/mol. The molecule has 1 heterocycles. The second-order valence-electron chi connectivity index (χ2n) is 6.44. The minimum atomic E-state index is -1.17. The van der Waals surface area contributed by atoms with Crippen molar-refractivity contribution in [1.29, 1.82) is 0 Å². The van der Waals surface area contributed by atoms with E-state index in [4.69, 9.17) is 21.1 Å². The summed E-state index contributed by atoms with van der Waals surface area (Å²) in [6.07, 6.45) is 5.62. The Morgan fingerprint density at radius 2 is 1.71 bits per heavy atom. The zero-order valence-electron chi connectivity index (χ0n) is 13.3. The third-order valence-corrected chi connectivity index (χ3v) is 5.10. The average molecular weight is 343 g/mol. The van der Waals surface area contributed by atoms with E-state index in [1.807, 2.05) is 30.3 Å². The zero-order valence-corrected chi connectivity index (χ0v) is 14.1. The van der Waals surface area contributed by atoms with Gasteiger partial charge in [-0.2, -0.15) is 0 Å². The maximum atomic E-state index is 12.4. The summed E-state index contributed by atoms with van der Waals surface area (Å²) in [5, 5.41) is 0.643. The quantitative estimate of drug-likeness (QED) is 0.731. The first-order valence-electron chi connectivity index (χ1n) is 8.46. The van der Waals surface area contributed by atoms with Gasteiger partial charge >= 0.3 is 5.97 Å². The molecular weight excluding hydrogens is 324 g/mol. The molecule has 1 aliphatic carbocycles. The fourth-order valence-corrected chi connectivity index (χ4v) is 3.77. The lowest BCUT2D eigenvalue weighted by molar-refractivity contribution is -0.208. The molecule has 2 aromatic rings. The Balaban J connectivity index is 1.81. The Bertz CT molecular complexity index is 750. The van der Waals surface area contributed by atoms with E-state index >= 15 is 0 Å². The molecule has 1 fully saturated rings. The van der Waals surface area contributed by atoms with Crippen LogP contribution in [-0.4, -0.2) is 12.1 Å². The number of fused-ring (bicyclic) bond motifs is 1. The number of esters is 1. The summed E-state index contributed by atoms with van der Waals surface area (Å²) in [4.78, 5) is 12.4. The Morgan fingerprint density at radius 1 is 1.00 bits per heavy atom. The first kappa shape index (κ1) is 15.7. The fourth-order valence-electron chi connectivity index (χ4n) is 3.65. The van der Waals surface area contributed by atoms with E-state index in [9.17, 15) is 4.79 Å². The number of hydrogen-bond acceptors (Lipinski definition) is 3. The second-order valence-corrected chi connectivity index (χ2v) is 6.87. The lowest BCUT2D eigenvalue weighted by Gasteiger charge is -2.35. The molecule has 0 N–H and O–H groups in total. The van der Waals surface area contributed by atoms with Crippen LogP contribution in [0.3, 0.4) is 0 Å². The molecule has 4 heteroatoms. The van der Waals surface area contributed by atoms with Crippen molar-refractivity contribution in [3.63, 3.8) is 0 Å². The van der Waals surface area contributed by atoms with Crippen LogP contribution in [0, 0.1) is 0 Å². The molecular formula is C20H19ClO3. The molecule has 124 valence electrons. The number of benzene rings is 2. The topological polar surface area (TPSA) is 35.5 Å². The average Bonchev–Trinajstić information content (AvgIpc) is 2.90. The fraction of sp³-hybridized carbons (Fsp3) is 0.350. The molecule has 4 rings (SSSR count). The third kappa shape index (κ3) is 2.62. The van der Waals surface area contributed by atoms with Crippen LogP contribution in [0.15, 0.2) is 48.5 Å². The van der Waals surface area contributed by atoms with Gasteiger partial charge < -0.3 is 9.47 Å². The smallest absolute Gasteiger partial charge is 0.341 e. The summed E-state index contributed by atoms with van der Waals surface area (Å²) in [5.41, 5.74) is 2.15. The third-order valence-electron chi connectivity index (χ3n) is 4.85. The standard InChI is InChI=1S/C20H19ClO3/c21-15-12-10-14(11-13-15)20(23-16-6-2-1-3-7-16)18-9-5-4-8-17(18)19(22)24-20/h4-5,8-13,16H,1-3,6-7H2/t20-/m0/s1. The van der Waals surface area contributed by atoms with Gasteiger partial charge in [0.15, 0.2) is 0 Å². The highest BCUT2D eigenvalue weighted by Crippen LogP contribution is 2.45. The summed E-state index contributed by atoms with van der Waals surface area (Å²) >= 11 is 6.04. The highest BCUT2D eigenvalue weighted by molar-refractivity contribution is 6.30. The van der Waals surface area contributed by atoms with Crippen LogP contribution in [0.4, 0.5) is 0 Å². The summed E-state index contributed by atoms with van der Waals surface area (Å²) in [5.74, 6) is -1.50. The number of cyclic esters (lactones) is 1. The van der Waals surface area contributed by atoms with Crippen molar-refractivity contribution in [1.82, 2.24) is 0 Å². The molecule has 0 amide bonds. The highest BCUT2D eigenvalue weighted by Gasteiger charge is 2.49. The lowest BCUT2D eigenvalue weighted by Crippen LogP contribution is -2.36. The lowest BCUT2D eigenvalue weighted by atomic mass is 9.93. The second kappa shape index (κ2) is 6.23. The van der Waals surface area contributed by atoms with Crippen molar-refractivity contribution in [2.24, 2.45) is 0 Å². The van der Waals surface area contributed by atoms with E-state index in [0.29, 0.717) is 10.6 Å². The maximum Gasteiger partial charge on any atom is 0.341 e. The molecule has 0 aromatic heterocycles. The SMILES string of the molecule is O=C1O[C@@](OC2CCCCC2)(c2ccc(Cl)cc2)c2ccccc21. The van der Waals surface area contributed by atoms with Gasteiger partial charge in [0, 0.05) is 16.1 Å². The van der Waals surface area contributed by atoms with Crippen molar-refractivity contribution >= 4 is 17.6 Å². The highest BCUT2D eigenvalue weighted by atomic mass is 35.5. The number of halogens is 1. The van der Waals surface area contributed by atoms with Gasteiger partial charge in [-0.05, 0) is 31.0 Å². The number of rotatable bonds is 3. The van der Waals surface area contributed by atoms with Gasteiger partial charge in [0.2, 0.25) is 0 Å². The first-order valence-corrected chi connectivity index (χ1v) is 8.83. The molecule has 0 saturated heterocycles. The minimum absolute atomic E-state index is 0.0911. The van der Waals surface area contributed by atoms with Crippen LogP contribution >= 0.6 is 11.6 Å². The first-order chi connectivity index (χ1) is 11.7. The van der Waals surface area contributed by atoms with Crippen LogP contribution in [0.1, 0.15) is 53.6 Å². The summed E-state index contributed by atoms with van der Waals surface area (Å²) < 4.78 is 12.3. The largest absolute Gasteiger partial charge is 0.420 e. The van der Waals surface area contributed by atoms with Crippen LogP contribution in [0.5, 0.6) is 0 Å². The van der Waals surface area contributed by atoms with E-state index in [-0.39, 0.29) is 12.1 Å². The van der Waals surface area contributed by atoms with Gasteiger partial charge in [-0.1, -0.05) is 61.2 Å². The summed E-state index contributed by atoms with van der Waals surface area (Å²) in [6.45, 7) is 0. The molecule has 2 aromatic carbocycles. The van der Waals surface area contributed by atoms with E-state index in [1.54, 1.807) is 18.2 Å². The van der Waals surface area contributed by atoms with Gasteiger partial charge in [0.25, 0.3) is 5.79 Å². The van der Waals surface area contributed by atoms with Crippen LogP contribution in [-0.2, 0) is 15.3 Å². The van der Waals surface area contributed by atoms with E-state index in [0.717, 1.165) is 36.8 Å². The van der Waals surface area contributed by atoms with Crippen molar-refractivity contribution in [2.45, 2.75) is 44.0 Å².